The number of anilines is 2. The number of nitrogens with two attached hydrogens (primary N) is 1. The number of carbonyl (C=O) groups is 1. The Bertz CT molecular complexity index is 874. The van der Waals surface area contributed by atoms with Gasteiger partial charge < -0.3 is 20.9 Å². The van der Waals surface area contributed by atoms with E-state index in [1.165, 1.54) is 0 Å². The molecule has 0 bridgehead atoms. The maximum atomic E-state index is 12.3. The zero-order valence-corrected chi connectivity index (χ0v) is 13.4. The van der Waals surface area contributed by atoms with Crippen LogP contribution in [0.15, 0.2) is 33.9 Å². The standard InChI is InChI=1S/C15H16ClN5O3/c16-8-1-3-10(4-2-8)21-6-5-9(7-21)18-14(23)12-11(17)13(22)20-15(24)19-12/h1-4,9H,5-7,17H2,(H,18,23)(H2,19,20,22,24)/t9-/m1/s1. The Morgan fingerprint density at radius 3 is 2.67 bits per heavy atom. The molecule has 0 radical (unpaired) electrons. The number of benzene rings is 1. The average molecular weight is 350 g/mol. The van der Waals surface area contributed by atoms with Crippen molar-refractivity contribution < 1.29 is 4.79 Å². The lowest BCUT2D eigenvalue weighted by Crippen LogP contribution is -2.40. The zero-order valence-electron chi connectivity index (χ0n) is 12.6. The first-order valence-electron chi connectivity index (χ1n) is 7.37. The Morgan fingerprint density at radius 1 is 1.25 bits per heavy atom. The van der Waals surface area contributed by atoms with E-state index < -0.39 is 17.2 Å². The van der Waals surface area contributed by atoms with Gasteiger partial charge in [-0.1, -0.05) is 11.6 Å². The summed E-state index contributed by atoms with van der Waals surface area (Å²) in [6, 6.07) is 7.34. The summed E-state index contributed by atoms with van der Waals surface area (Å²) in [6.45, 7) is 1.38. The highest BCUT2D eigenvalue weighted by Gasteiger charge is 2.25. The van der Waals surface area contributed by atoms with Crippen LogP contribution in [0.5, 0.6) is 0 Å². The second-order valence-corrected chi connectivity index (χ2v) is 6.01. The van der Waals surface area contributed by atoms with Gasteiger partial charge in [0.25, 0.3) is 11.5 Å². The van der Waals surface area contributed by atoms with E-state index in [4.69, 9.17) is 17.3 Å². The van der Waals surface area contributed by atoms with Gasteiger partial charge in [-0.15, -0.1) is 0 Å². The van der Waals surface area contributed by atoms with Crippen molar-refractivity contribution in [3.05, 3.63) is 55.8 Å². The molecular weight excluding hydrogens is 334 g/mol. The Morgan fingerprint density at radius 2 is 1.96 bits per heavy atom. The van der Waals surface area contributed by atoms with Crippen LogP contribution in [0.2, 0.25) is 5.02 Å². The summed E-state index contributed by atoms with van der Waals surface area (Å²) in [4.78, 5) is 41.4. The average Bonchev–Trinajstić information content (AvgIpc) is 3.00. The minimum absolute atomic E-state index is 0.115. The molecule has 8 nitrogen and oxygen atoms in total. The summed E-state index contributed by atoms with van der Waals surface area (Å²) < 4.78 is 0. The van der Waals surface area contributed by atoms with Crippen LogP contribution in [0.4, 0.5) is 11.4 Å². The van der Waals surface area contributed by atoms with Crippen LogP contribution < -0.4 is 27.2 Å². The van der Waals surface area contributed by atoms with Crippen LogP contribution >= 0.6 is 11.6 Å². The second-order valence-electron chi connectivity index (χ2n) is 5.58. The number of nitrogens with zero attached hydrogens (tertiary/aromatic N) is 1. The third-order valence-electron chi connectivity index (χ3n) is 3.92. The maximum absolute atomic E-state index is 12.3. The van der Waals surface area contributed by atoms with Crippen molar-refractivity contribution in [2.45, 2.75) is 12.5 Å². The predicted octanol–water partition coefficient (Wildman–Crippen LogP) is 0.307. The van der Waals surface area contributed by atoms with E-state index in [2.05, 4.69) is 15.2 Å². The molecule has 1 atom stereocenters. The normalized spacial score (nSPS) is 17.0. The van der Waals surface area contributed by atoms with Gasteiger partial charge in [-0.25, -0.2) is 4.79 Å². The first-order chi connectivity index (χ1) is 11.4. The van der Waals surface area contributed by atoms with E-state index in [0.29, 0.717) is 11.6 Å². The second kappa shape index (κ2) is 6.40. The highest BCUT2D eigenvalue weighted by atomic mass is 35.5. The topological polar surface area (TPSA) is 124 Å². The molecule has 1 fully saturated rings. The molecule has 0 saturated carbocycles. The van der Waals surface area contributed by atoms with Crippen molar-refractivity contribution in [3.63, 3.8) is 0 Å². The molecule has 5 N–H and O–H groups in total. The highest BCUT2D eigenvalue weighted by molar-refractivity contribution is 6.30. The van der Waals surface area contributed by atoms with E-state index in [0.717, 1.165) is 18.7 Å². The van der Waals surface area contributed by atoms with Crippen LogP contribution in [-0.4, -0.2) is 35.0 Å². The van der Waals surface area contributed by atoms with Crippen LogP contribution in [0.3, 0.4) is 0 Å². The molecule has 1 aliphatic rings. The fraction of sp³-hybridized carbons (Fsp3) is 0.267. The van der Waals surface area contributed by atoms with Crippen molar-refractivity contribution in [1.29, 1.82) is 0 Å². The van der Waals surface area contributed by atoms with Crippen molar-refractivity contribution in [1.82, 2.24) is 15.3 Å². The molecular formula is C15H16ClN5O3. The van der Waals surface area contributed by atoms with Crippen LogP contribution in [-0.2, 0) is 0 Å². The lowest BCUT2D eigenvalue weighted by molar-refractivity contribution is 0.0935. The summed E-state index contributed by atoms with van der Waals surface area (Å²) in [5.74, 6) is -0.571. The fourth-order valence-corrected chi connectivity index (χ4v) is 2.82. The molecule has 1 saturated heterocycles. The van der Waals surface area contributed by atoms with E-state index in [-0.39, 0.29) is 17.4 Å². The number of nitrogens with one attached hydrogen (secondary N) is 3. The number of aromatic amines is 2. The first kappa shape index (κ1) is 16.1. The molecule has 0 spiro atoms. The van der Waals surface area contributed by atoms with Crippen molar-refractivity contribution >= 4 is 28.9 Å². The monoisotopic (exact) mass is 349 g/mol. The van der Waals surface area contributed by atoms with E-state index in [1.54, 1.807) is 0 Å². The quantitative estimate of drug-likeness (QED) is 0.634. The molecule has 1 aromatic carbocycles. The predicted molar refractivity (Wildman–Crippen MR) is 91.6 cm³/mol. The largest absolute Gasteiger partial charge is 0.392 e. The van der Waals surface area contributed by atoms with Gasteiger partial charge in [-0.05, 0) is 30.7 Å². The molecule has 3 rings (SSSR count). The zero-order chi connectivity index (χ0) is 17.3. The molecule has 1 aliphatic heterocycles. The van der Waals surface area contributed by atoms with Gasteiger partial charge in [0.05, 0.1) is 0 Å². The molecule has 126 valence electrons. The summed E-state index contributed by atoms with van der Waals surface area (Å²) in [5.41, 5.74) is 4.51. The van der Waals surface area contributed by atoms with Crippen LogP contribution in [0.25, 0.3) is 0 Å². The smallest absolute Gasteiger partial charge is 0.326 e. The van der Waals surface area contributed by atoms with Crippen LogP contribution in [0, 0.1) is 0 Å². The van der Waals surface area contributed by atoms with Crippen molar-refractivity contribution in [3.8, 4) is 0 Å². The van der Waals surface area contributed by atoms with E-state index in [9.17, 15) is 14.4 Å². The number of amides is 1. The van der Waals surface area contributed by atoms with Gasteiger partial charge in [-0.2, -0.15) is 0 Å². The van der Waals surface area contributed by atoms with Gasteiger partial charge in [0.1, 0.15) is 11.4 Å². The number of nitrogen functional groups attached to an aromatic ring is 1. The van der Waals surface area contributed by atoms with Gasteiger partial charge in [0.15, 0.2) is 0 Å². The van der Waals surface area contributed by atoms with Gasteiger partial charge in [0, 0.05) is 29.8 Å². The SMILES string of the molecule is Nc1c(C(=O)N[C@@H]2CCN(c3ccc(Cl)cc3)C2)[nH]c(=O)[nH]c1=O. The van der Waals surface area contributed by atoms with Crippen molar-refractivity contribution in [2.24, 2.45) is 0 Å². The number of aromatic nitrogens is 2. The Labute approximate surface area is 141 Å². The van der Waals surface area contributed by atoms with Gasteiger partial charge >= 0.3 is 5.69 Å². The Balaban J connectivity index is 1.69. The minimum atomic E-state index is -0.780. The minimum Gasteiger partial charge on any atom is -0.392 e. The highest BCUT2D eigenvalue weighted by Crippen LogP contribution is 2.22. The molecule has 0 unspecified atom stereocenters. The van der Waals surface area contributed by atoms with Gasteiger partial charge in [0.2, 0.25) is 0 Å². The molecule has 0 aliphatic carbocycles. The molecule has 2 heterocycles. The Hall–Kier alpha value is -2.74. The summed E-state index contributed by atoms with van der Waals surface area (Å²) in [6.07, 6.45) is 0.738. The lowest BCUT2D eigenvalue weighted by Gasteiger charge is -2.19. The number of carbonyl (C=O) groups excluding carboxylic acids is 1. The first-order valence-corrected chi connectivity index (χ1v) is 7.75. The fourth-order valence-electron chi connectivity index (χ4n) is 2.70. The number of H-pyrrole nitrogens is 2. The molecule has 2 aromatic rings. The third-order valence-corrected chi connectivity index (χ3v) is 4.17. The number of hydrogen-bond donors (Lipinski definition) is 4. The lowest BCUT2D eigenvalue weighted by atomic mass is 10.2. The number of rotatable bonds is 3. The maximum Gasteiger partial charge on any atom is 0.326 e. The Kier molecular flexibility index (Phi) is 4.30. The molecule has 24 heavy (non-hydrogen) atoms. The number of halogens is 1. The summed E-state index contributed by atoms with van der Waals surface area (Å²) in [7, 11) is 0. The summed E-state index contributed by atoms with van der Waals surface area (Å²) in [5, 5.41) is 3.46. The van der Waals surface area contributed by atoms with Gasteiger partial charge in [-0.3, -0.25) is 14.6 Å². The third kappa shape index (κ3) is 3.28. The van der Waals surface area contributed by atoms with E-state index >= 15 is 0 Å². The van der Waals surface area contributed by atoms with Crippen LogP contribution in [0.1, 0.15) is 16.9 Å². The molecule has 9 heteroatoms. The van der Waals surface area contributed by atoms with E-state index in [1.807, 2.05) is 29.2 Å². The van der Waals surface area contributed by atoms with Crippen molar-refractivity contribution in [2.75, 3.05) is 23.7 Å². The number of hydrogen-bond acceptors (Lipinski definition) is 5. The molecule has 1 amide bonds. The molecule has 1 aromatic heterocycles. The summed E-state index contributed by atoms with van der Waals surface area (Å²) >= 11 is 5.88.